The first-order valence-electron chi connectivity index (χ1n) is 7.53. The van der Waals surface area contributed by atoms with Gasteiger partial charge in [0.25, 0.3) is 0 Å². The molecule has 0 unspecified atom stereocenters. The first-order valence-corrected chi connectivity index (χ1v) is 7.53. The lowest BCUT2D eigenvalue weighted by Crippen LogP contribution is -2.29. The molecule has 0 aliphatic heterocycles. The Morgan fingerprint density at radius 2 is 2.05 bits per heavy atom. The van der Waals surface area contributed by atoms with Crippen LogP contribution in [-0.2, 0) is 9.53 Å². The first kappa shape index (κ1) is 16.6. The van der Waals surface area contributed by atoms with Gasteiger partial charge in [-0.1, -0.05) is 0 Å². The standard InChI is InChI=1S/C16H24N2O4/c1-20-7-8-22-15-9-13(5-6-14(15)21-2)18-16(19)11-17-10-12-3-4-12/h5-6,9,12,17H,3-4,7-8,10-11H2,1-2H3,(H,18,19). The maximum atomic E-state index is 11.9. The van der Waals surface area contributed by atoms with Crippen molar-refractivity contribution in [1.82, 2.24) is 5.32 Å². The van der Waals surface area contributed by atoms with Crippen LogP contribution in [-0.4, -0.2) is 46.4 Å². The molecule has 1 amide bonds. The van der Waals surface area contributed by atoms with E-state index in [1.54, 1.807) is 32.4 Å². The molecule has 0 bridgehead atoms. The van der Waals surface area contributed by atoms with Gasteiger partial charge in [0, 0.05) is 18.9 Å². The average Bonchev–Trinajstić information content (AvgIpc) is 3.32. The van der Waals surface area contributed by atoms with Crippen LogP contribution in [0.5, 0.6) is 11.5 Å². The van der Waals surface area contributed by atoms with E-state index in [0.29, 0.717) is 36.9 Å². The quantitative estimate of drug-likeness (QED) is 0.643. The van der Waals surface area contributed by atoms with Crippen LogP contribution in [0, 0.1) is 5.92 Å². The molecule has 6 nitrogen and oxygen atoms in total. The lowest BCUT2D eigenvalue weighted by Gasteiger charge is -2.13. The van der Waals surface area contributed by atoms with Crippen molar-refractivity contribution in [2.75, 3.05) is 45.8 Å². The van der Waals surface area contributed by atoms with Gasteiger partial charge in [0.05, 0.1) is 20.3 Å². The molecule has 2 N–H and O–H groups in total. The fraction of sp³-hybridized carbons (Fsp3) is 0.562. The van der Waals surface area contributed by atoms with Gasteiger partial charge in [-0.3, -0.25) is 4.79 Å². The summed E-state index contributed by atoms with van der Waals surface area (Å²) in [6, 6.07) is 5.32. The normalized spacial score (nSPS) is 13.7. The molecule has 122 valence electrons. The smallest absolute Gasteiger partial charge is 0.238 e. The van der Waals surface area contributed by atoms with Crippen LogP contribution in [0.2, 0.25) is 0 Å². The van der Waals surface area contributed by atoms with Crippen molar-refractivity contribution in [3.05, 3.63) is 18.2 Å². The Labute approximate surface area is 131 Å². The highest BCUT2D eigenvalue weighted by molar-refractivity contribution is 5.92. The lowest BCUT2D eigenvalue weighted by molar-refractivity contribution is -0.115. The van der Waals surface area contributed by atoms with Gasteiger partial charge in [0.15, 0.2) is 11.5 Å². The van der Waals surface area contributed by atoms with Crippen molar-refractivity contribution >= 4 is 11.6 Å². The number of ether oxygens (including phenoxy) is 3. The van der Waals surface area contributed by atoms with E-state index in [-0.39, 0.29) is 5.91 Å². The Morgan fingerprint density at radius 1 is 1.23 bits per heavy atom. The van der Waals surface area contributed by atoms with Gasteiger partial charge >= 0.3 is 0 Å². The van der Waals surface area contributed by atoms with Crippen LogP contribution < -0.4 is 20.1 Å². The number of carbonyl (C=O) groups excluding carboxylic acids is 1. The van der Waals surface area contributed by atoms with E-state index in [1.165, 1.54) is 12.8 Å². The molecule has 2 rings (SSSR count). The van der Waals surface area contributed by atoms with Crippen LogP contribution in [0.15, 0.2) is 18.2 Å². The number of nitrogens with one attached hydrogen (secondary N) is 2. The molecule has 0 saturated heterocycles. The number of carbonyl (C=O) groups is 1. The van der Waals surface area contributed by atoms with Crippen molar-refractivity contribution in [2.45, 2.75) is 12.8 Å². The van der Waals surface area contributed by atoms with E-state index in [9.17, 15) is 4.79 Å². The minimum atomic E-state index is -0.0614. The Kier molecular flexibility index (Phi) is 6.48. The maximum absolute atomic E-state index is 11.9. The summed E-state index contributed by atoms with van der Waals surface area (Å²) in [6.07, 6.45) is 2.55. The second-order valence-corrected chi connectivity index (χ2v) is 5.33. The van der Waals surface area contributed by atoms with Crippen LogP contribution in [0.25, 0.3) is 0 Å². The van der Waals surface area contributed by atoms with Crippen LogP contribution in [0.3, 0.4) is 0 Å². The summed E-state index contributed by atoms with van der Waals surface area (Å²) in [5.74, 6) is 1.91. The largest absolute Gasteiger partial charge is 0.493 e. The predicted molar refractivity (Wildman–Crippen MR) is 84.6 cm³/mol. The number of methoxy groups -OCH3 is 2. The summed E-state index contributed by atoms with van der Waals surface area (Å²) in [6.45, 7) is 2.15. The summed E-state index contributed by atoms with van der Waals surface area (Å²) in [5, 5.41) is 6.01. The zero-order valence-electron chi connectivity index (χ0n) is 13.2. The highest BCUT2D eigenvalue weighted by Crippen LogP contribution is 2.30. The molecule has 0 heterocycles. The van der Waals surface area contributed by atoms with Gasteiger partial charge in [-0.25, -0.2) is 0 Å². The number of anilines is 1. The molecule has 0 atom stereocenters. The summed E-state index contributed by atoms with van der Waals surface area (Å²) < 4.78 is 15.8. The monoisotopic (exact) mass is 308 g/mol. The number of rotatable bonds is 10. The van der Waals surface area contributed by atoms with E-state index in [0.717, 1.165) is 12.5 Å². The third-order valence-electron chi connectivity index (χ3n) is 3.41. The molecule has 0 aromatic heterocycles. The third kappa shape index (κ3) is 5.54. The molecule has 1 fully saturated rings. The molecule has 0 radical (unpaired) electrons. The average molecular weight is 308 g/mol. The number of benzene rings is 1. The van der Waals surface area contributed by atoms with E-state index in [2.05, 4.69) is 10.6 Å². The van der Waals surface area contributed by atoms with Crippen molar-refractivity contribution in [2.24, 2.45) is 5.92 Å². The van der Waals surface area contributed by atoms with E-state index in [4.69, 9.17) is 14.2 Å². The van der Waals surface area contributed by atoms with Crippen molar-refractivity contribution in [3.8, 4) is 11.5 Å². The lowest BCUT2D eigenvalue weighted by atomic mass is 10.2. The molecule has 6 heteroatoms. The van der Waals surface area contributed by atoms with Crippen LogP contribution >= 0.6 is 0 Å². The highest BCUT2D eigenvalue weighted by Gasteiger charge is 2.20. The number of hydrogen-bond donors (Lipinski definition) is 2. The third-order valence-corrected chi connectivity index (χ3v) is 3.41. The first-order chi connectivity index (χ1) is 10.7. The van der Waals surface area contributed by atoms with Gasteiger partial charge in [-0.05, 0) is 37.4 Å². The molecule has 1 aromatic rings. The van der Waals surface area contributed by atoms with Gasteiger partial charge in [-0.15, -0.1) is 0 Å². The molecular formula is C16H24N2O4. The minimum absolute atomic E-state index is 0.0614. The minimum Gasteiger partial charge on any atom is -0.493 e. The van der Waals surface area contributed by atoms with Gasteiger partial charge in [-0.2, -0.15) is 0 Å². The molecule has 0 spiro atoms. The second kappa shape index (κ2) is 8.60. The highest BCUT2D eigenvalue weighted by atomic mass is 16.5. The van der Waals surface area contributed by atoms with Crippen molar-refractivity contribution in [3.63, 3.8) is 0 Å². The van der Waals surface area contributed by atoms with Crippen LogP contribution in [0.1, 0.15) is 12.8 Å². The zero-order chi connectivity index (χ0) is 15.8. The fourth-order valence-corrected chi connectivity index (χ4v) is 2.02. The summed E-state index contributed by atoms with van der Waals surface area (Å²) in [7, 11) is 3.20. The molecule has 1 aliphatic carbocycles. The summed E-state index contributed by atoms with van der Waals surface area (Å²) >= 11 is 0. The molecule has 1 aliphatic rings. The van der Waals surface area contributed by atoms with E-state index < -0.39 is 0 Å². The van der Waals surface area contributed by atoms with Gasteiger partial charge in [0.2, 0.25) is 5.91 Å². The van der Waals surface area contributed by atoms with Crippen molar-refractivity contribution < 1.29 is 19.0 Å². The van der Waals surface area contributed by atoms with Crippen molar-refractivity contribution in [1.29, 1.82) is 0 Å². The summed E-state index contributed by atoms with van der Waals surface area (Å²) in [4.78, 5) is 11.9. The Hall–Kier alpha value is -1.79. The van der Waals surface area contributed by atoms with Gasteiger partial charge in [0.1, 0.15) is 6.61 Å². The number of hydrogen-bond acceptors (Lipinski definition) is 5. The Bertz CT molecular complexity index is 489. The zero-order valence-corrected chi connectivity index (χ0v) is 13.2. The maximum Gasteiger partial charge on any atom is 0.238 e. The van der Waals surface area contributed by atoms with E-state index in [1.807, 2.05) is 0 Å². The Balaban J connectivity index is 1.85. The number of amides is 1. The Morgan fingerprint density at radius 3 is 2.73 bits per heavy atom. The second-order valence-electron chi connectivity index (χ2n) is 5.33. The molecule has 1 saturated carbocycles. The van der Waals surface area contributed by atoms with E-state index >= 15 is 0 Å². The summed E-state index contributed by atoms with van der Waals surface area (Å²) in [5.41, 5.74) is 0.687. The topological polar surface area (TPSA) is 68.8 Å². The molecular weight excluding hydrogens is 284 g/mol. The molecule has 1 aromatic carbocycles. The predicted octanol–water partition coefficient (Wildman–Crippen LogP) is 1.66. The molecule has 22 heavy (non-hydrogen) atoms. The van der Waals surface area contributed by atoms with Crippen LogP contribution in [0.4, 0.5) is 5.69 Å². The van der Waals surface area contributed by atoms with Gasteiger partial charge < -0.3 is 24.8 Å². The SMILES string of the molecule is COCCOc1cc(NC(=O)CNCC2CC2)ccc1OC. The fourth-order valence-electron chi connectivity index (χ4n) is 2.02.